The minimum Gasteiger partial charge on any atom is -0.418 e. The summed E-state index contributed by atoms with van der Waals surface area (Å²) >= 11 is 0. The van der Waals surface area contributed by atoms with Gasteiger partial charge < -0.3 is 22.0 Å². The second-order valence-corrected chi connectivity index (χ2v) is 7.82. The second kappa shape index (κ2) is 7.54. The molecule has 5 rings (SSSR count). The monoisotopic (exact) mass is 419 g/mol. The Morgan fingerprint density at radius 1 is 1.07 bits per heavy atom. The summed E-state index contributed by atoms with van der Waals surface area (Å²) in [5, 5.41) is 4.86. The topological polar surface area (TPSA) is 30.9 Å². The quantitative estimate of drug-likeness (QED) is 0.332. The highest BCUT2D eigenvalue weighted by Gasteiger charge is 2.43. The lowest BCUT2D eigenvalue weighted by molar-refractivity contribution is -0.739. The van der Waals surface area contributed by atoms with Crippen molar-refractivity contribution in [2.75, 3.05) is 0 Å². The van der Waals surface area contributed by atoms with Gasteiger partial charge >= 0.3 is 13.1 Å². The van der Waals surface area contributed by atoms with Gasteiger partial charge in [0.1, 0.15) is 24.4 Å². The molecule has 0 radical (unpaired) electrons. The predicted octanol–water partition coefficient (Wildman–Crippen LogP) is 4.43. The van der Waals surface area contributed by atoms with Gasteiger partial charge in [-0.05, 0) is 43.0 Å². The fourth-order valence-corrected chi connectivity index (χ4v) is 4.56. The zero-order valence-corrected chi connectivity index (χ0v) is 16.9. The lowest BCUT2D eigenvalue weighted by Gasteiger charge is -2.23. The number of hydrogen-bond acceptors (Lipinski definition) is 2. The highest BCUT2D eigenvalue weighted by molar-refractivity contribution is 6.50. The van der Waals surface area contributed by atoms with Crippen LogP contribution in [0.1, 0.15) is 39.7 Å². The zero-order chi connectivity index (χ0) is 21.6. The van der Waals surface area contributed by atoms with Gasteiger partial charge in [-0.25, -0.2) is 4.57 Å². The summed E-state index contributed by atoms with van der Waals surface area (Å²) in [5.41, 5.74) is 7.74. The third-order valence-corrected chi connectivity index (χ3v) is 5.49. The molecule has 2 heterocycles. The molecule has 1 unspecified atom stereocenters. The van der Waals surface area contributed by atoms with Crippen molar-refractivity contribution in [3.8, 4) is 5.69 Å². The molecule has 0 amide bonds. The van der Waals surface area contributed by atoms with Crippen LogP contribution in [-0.2, 0) is 17.8 Å². The molecule has 0 saturated heterocycles. The molecule has 1 aliphatic carbocycles. The molecule has 2 aromatic carbocycles. The van der Waals surface area contributed by atoms with Gasteiger partial charge in [0.05, 0.1) is 0 Å². The van der Waals surface area contributed by atoms with E-state index >= 15 is 0 Å². The van der Waals surface area contributed by atoms with E-state index in [1.54, 1.807) is 0 Å². The molecule has 4 nitrogen and oxygen atoms in total. The number of benzene rings is 2. The van der Waals surface area contributed by atoms with Crippen molar-refractivity contribution < 1.29 is 26.6 Å². The van der Waals surface area contributed by atoms with E-state index in [0.29, 0.717) is 6.61 Å². The van der Waals surface area contributed by atoms with E-state index in [-0.39, 0.29) is 12.1 Å². The first-order valence-electron chi connectivity index (χ1n) is 9.76. The van der Waals surface area contributed by atoms with E-state index in [2.05, 4.69) is 68.1 Å². The third kappa shape index (κ3) is 3.98. The summed E-state index contributed by atoms with van der Waals surface area (Å²) in [7, 11) is -6.00. The van der Waals surface area contributed by atoms with Gasteiger partial charge in [-0.2, -0.15) is 0 Å². The number of nitrogens with zero attached hydrogens (tertiary/aromatic N) is 3. The molecule has 0 bridgehead atoms. The van der Waals surface area contributed by atoms with Crippen molar-refractivity contribution in [1.29, 1.82) is 0 Å². The molecule has 0 N–H and O–H groups in total. The van der Waals surface area contributed by atoms with Crippen LogP contribution in [0.2, 0.25) is 0 Å². The van der Waals surface area contributed by atoms with Crippen molar-refractivity contribution in [2.24, 2.45) is 0 Å². The Kier molecular flexibility index (Phi) is 5.17. The Bertz CT molecular complexity index is 1070. The lowest BCUT2D eigenvalue weighted by Crippen LogP contribution is -2.51. The Balaban J connectivity index is 0.000000393. The van der Waals surface area contributed by atoms with E-state index in [9.17, 15) is 17.3 Å². The Morgan fingerprint density at radius 2 is 1.70 bits per heavy atom. The normalized spacial score (nSPS) is 19.4. The molecule has 158 valence electrons. The van der Waals surface area contributed by atoms with Crippen LogP contribution < -0.4 is 4.57 Å². The average molecular weight is 419 g/mol. The second-order valence-electron chi connectivity index (χ2n) is 7.82. The lowest BCUT2D eigenvalue weighted by atomic mass is 10.1. The van der Waals surface area contributed by atoms with Crippen molar-refractivity contribution >= 4 is 7.25 Å². The number of rotatable bonds is 1. The first-order chi connectivity index (χ1) is 14.1. The maximum absolute atomic E-state index is 9.75. The van der Waals surface area contributed by atoms with Crippen molar-refractivity contribution in [2.45, 2.75) is 45.9 Å². The van der Waals surface area contributed by atoms with Crippen LogP contribution >= 0.6 is 0 Å². The SMILES string of the molecule is Cc1cc(C)c(-n2c[n+]3c(n2)CO[C@H]2Cc4ccccc4C23)c(C)c1.F[B-](F)(F)F. The minimum absolute atomic E-state index is 0.216. The van der Waals surface area contributed by atoms with Crippen LogP contribution in [-0.4, -0.2) is 23.1 Å². The molecule has 1 aliphatic heterocycles. The summed E-state index contributed by atoms with van der Waals surface area (Å²) in [6.07, 6.45) is 3.36. The molecule has 3 aromatic rings. The smallest absolute Gasteiger partial charge is 0.418 e. The van der Waals surface area contributed by atoms with Crippen LogP contribution in [0, 0.1) is 20.8 Å². The van der Waals surface area contributed by atoms with Crippen LogP contribution in [0.25, 0.3) is 5.69 Å². The number of aromatic nitrogens is 3. The van der Waals surface area contributed by atoms with E-state index in [1.165, 1.54) is 33.5 Å². The number of halogens is 4. The van der Waals surface area contributed by atoms with Crippen LogP contribution in [0.15, 0.2) is 42.7 Å². The fraction of sp³-hybridized carbons (Fsp3) is 0.333. The number of ether oxygens (including phenoxy) is 1. The molecule has 0 saturated carbocycles. The summed E-state index contributed by atoms with van der Waals surface area (Å²) in [6, 6.07) is 13.4. The van der Waals surface area contributed by atoms with Gasteiger partial charge in [0.25, 0.3) is 0 Å². The number of fused-ring (bicyclic) bond motifs is 5. The fourth-order valence-electron chi connectivity index (χ4n) is 4.56. The van der Waals surface area contributed by atoms with Gasteiger partial charge in [-0.1, -0.05) is 46.6 Å². The van der Waals surface area contributed by atoms with Crippen molar-refractivity contribution in [1.82, 2.24) is 9.78 Å². The Labute approximate surface area is 172 Å². The van der Waals surface area contributed by atoms with Crippen LogP contribution in [0.5, 0.6) is 0 Å². The van der Waals surface area contributed by atoms with Crippen molar-refractivity contribution in [3.05, 3.63) is 76.4 Å². The van der Waals surface area contributed by atoms with E-state index < -0.39 is 7.25 Å². The van der Waals surface area contributed by atoms with E-state index in [0.717, 1.165) is 12.2 Å². The van der Waals surface area contributed by atoms with Gasteiger partial charge in [-0.15, -0.1) is 0 Å². The van der Waals surface area contributed by atoms with Crippen molar-refractivity contribution in [3.63, 3.8) is 0 Å². The highest BCUT2D eigenvalue weighted by Crippen LogP contribution is 2.35. The molecule has 2 atom stereocenters. The summed E-state index contributed by atoms with van der Waals surface area (Å²) < 4.78 is 49.5. The molecule has 2 aliphatic rings. The first-order valence-corrected chi connectivity index (χ1v) is 9.76. The zero-order valence-electron chi connectivity index (χ0n) is 16.9. The number of hydrogen-bond donors (Lipinski definition) is 0. The van der Waals surface area contributed by atoms with Crippen LogP contribution in [0.4, 0.5) is 17.3 Å². The molecular weight excluding hydrogens is 397 g/mol. The summed E-state index contributed by atoms with van der Waals surface area (Å²) in [5.74, 6) is 0.998. The molecule has 9 heteroatoms. The van der Waals surface area contributed by atoms with Gasteiger partial charge in [0.2, 0.25) is 6.33 Å². The van der Waals surface area contributed by atoms with E-state index in [4.69, 9.17) is 9.84 Å². The predicted molar refractivity (Wildman–Crippen MR) is 105 cm³/mol. The maximum Gasteiger partial charge on any atom is 0.673 e. The Hall–Kier alpha value is -2.68. The number of aryl methyl sites for hydroxylation is 3. The molecule has 1 aromatic heterocycles. The maximum atomic E-state index is 9.75. The summed E-state index contributed by atoms with van der Waals surface area (Å²) in [6.45, 7) is 7.03. The molecular formula is C21H22BF4N3O. The van der Waals surface area contributed by atoms with Gasteiger partial charge in [-0.3, -0.25) is 0 Å². The van der Waals surface area contributed by atoms with Gasteiger partial charge in [0, 0.05) is 11.5 Å². The highest BCUT2D eigenvalue weighted by atomic mass is 19.5. The van der Waals surface area contributed by atoms with Crippen LogP contribution in [0.3, 0.4) is 0 Å². The average Bonchev–Trinajstić information content (AvgIpc) is 3.19. The molecule has 30 heavy (non-hydrogen) atoms. The van der Waals surface area contributed by atoms with E-state index in [1.807, 2.05) is 4.68 Å². The third-order valence-electron chi connectivity index (χ3n) is 5.49. The molecule has 0 spiro atoms. The van der Waals surface area contributed by atoms with Gasteiger partial charge in [0.15, 0.2) is 0 Å². The summed E-state index contributed by atoms with van der Waals surface area (Å²) in [4.78, 5) is 0. The first kappa shape index (κ1) is 20.6. The molecule has 0 fully saturated rings. The largest absolute Gasteiger partial charge is 0.673 e. The Morgan fingerprint density at radius 3 is 2.37 bits per heavy atom. The standard InChI is InChI=1S/C21H22N3O.BF4/c1-13-8-14(2)20(15(3)9-13)24-12-23-19(22-24)11-25-18-10-16-6-4-5-7-17(16)21(18)23;2-1(3,4)5/h4-9,12,18,21H,10-11H2,1-3H3;/q+1;-1/t18-,21?;/m0./s1. The minimum atomic E-state index is -6.00.